The largest absolute Gasteiger partial charge is 0.382 e. The van der Waals surface area contributed by atoms with Crippen LogP contribution in [0.4, 0.5) is 0 Å². The third kappa shape index (κ3) is 6.36. The van der Waals surface area contributed by atoms with Gasteiger partial charge in [0.1, 0.15) is 5.25 Å². The van der Waals surface area contributed by atoms with Crippen molar-refractivity contribution in [2.45, 2.75) is 11.7 Å². The molecular weight excluding hydrogens is 310 g/mol. The number of methoxy groups -OCH3 is 1. The Morgan fingerprint density at radius 1 is 1.20 bits per heavy atom. The van der Waals surface area contributed by atoms with Gasteiger partial charge in [-0.15, -0.1) is 0 Å². The molecule has 0 saturated carbocycles. The Hall–Kier alpha value is -0.410. The Kier molecular flexibility index (Phi) is 7.75. The van der Waals surface area contributed by atoms with E-state index >= 15 is 0 Å². The van der Waals surface area contributed by atoms with E-state index in [0.717, 1.165) is 0 Å². The normalized spacial score (nSPS) is 19.8. The summed E-state index contributed by atoms with van der Waals surface area (Å²) in [5.41, 5.74) is 0. The van der Waals surface area contributed by atoms with Gasteiger partial charge in [0.25, 0.3) is 0 Å². The number of hydrogen-bond donors (Lipinski definition) is 0. The van der Waals surface area contributed by atoms with E-state index in [-0.39, 0.29) is 18.9 Å². The summed E-state index contributed by atoms with van der Waals surface area (Å²) in [5.74, 6) is -0.209. The molecule has 0 aromatic heterocycles. The highest BCUT2D eigenvalue weighted by Gasteiger charge is 2.36. The number of carbonyl (C=O) groups is 1. The van der Waals surface area contributed by atoms with Gasteiger partial charge in [-0.1, -0.05) is 0 Å². The molecular formula is C11H20ClNO6S. The highest BCUT2D eigenvalue weighted by atomic mass is 35.7. The standard InChI is InChI=1S/C11H20ClNO6S/c1-17-4-5-19-7-6-18-3-2-13-9-10(8-11(13)14)20(12,15)16/h10H,2-9H2,1H3. The van der Waals surface area contributed by atoms with Crippen LogP contribution in [0.25, 0.3) is 0 Å². The number of carbonyl (C=O) groups excluding carboxylic acids is 1. The summed E-state index contributed by atoms with van der Waals surface area (Å²) in [4.78, 5) is 13.0. The second-order valence-electron chi connectivity index (χ2n) is 4.36. The molecule has 1 fully saturated rings. The van der Waals surface area contributed by atoms with Crippen LogP contribution >= 0.6 is 10.7 Å². The Morgan fingerprint density at radius 3 is 2.35 bits per heavy atom. The molecule has 7 nitrogen and oxygen atoms in total. The lowest BCUT2D eigenvalue weighted by molar-refractivity contribution is -0.128. The van der Waals surface area contributed by atoms with Crippen LogP contribution in [-0.2, 0) is 28.1 Å². The highest BCUT2D eigenvalue weighted by Crippen LogP contribution is 2.20. The van der Waals surface area contributed by atoms with Crippen molar-refractivity contribution in [3.05, 3.63) is 0 Å². The third-order valence-corrected chi connectivity index (χ3v) is 4.75. The summed E-state index contributed by atoms with van der Waals surface area (Å²) in [6, 6.07) is 0. The molecule has 1 heterocycles. The fraction of sp³-hybridized carbons (Fsp3) is 0.909. The Balaban J connectivity index is 2.09. The molecule has 118 valence electrons. The number of amides is 1. The number of nitrogens with zero attached hydrogens (tertiary/aromatic N) is 1. The second kappa shape index (κ2) is 8.78. The summed E-state index contributed by atoms with van der Waals surface area (Å²) in [6.45, 7) is 2.77. The van der Waals surface area contributed by atoms with Crippen LogP contribution in [0.5, 0.6) is 0 Å². The first kappa shape index (κ1) is 17.6. The first-order valence-electron chi connectivity index (χ1n) is 6.31. The SMILES string of the molecule is COCCOCCOCCN1CC(S(=O)(=O)Cl)CC1=O. The van der Waals surface area contributed by atoms with Crippen molar-refractivity contribution >= 4 is 25.6 Å². The second-order valence-corrected chi connectivity index (χ2v) is 7.27. The van der Waals surface area contributed by atoms with E-state index in [2.05, 4.69) is 0 Å². The van der Waals surface area contributed by atoms with Crippen LogP contribution in [0, 0.1) is 0 Å². The Bertz CT molecular complexity index is 402. The molecule has 0 aromatic rings. The Labute approximate surface area is 123 Å². The lowest BCUT2D eigenvalue weighted by atomic mass is 10.4. The number of hydrogen-bond acceptors (Lipinski definition) is 6. The van der Waals surface area contributed by atoms with Crippen molar-refractivity contribution in [2.24, 2.45) is 0 Å². The zero-order valence-electron chi connectivity index (χ0n) is 11.4. The van der Waals surface area contributed by atoms with E-state index in [1.807, 2.05) is 0 Å². The van der Waals surface area contributed by atoms with Gasteiger partial charge in [0.15, 0.2) is 0 Å². The number of halogens is 1. The average Bonchev–Trinajstić information content (AvgIpc) is 2.74. The van der Waals surface area contributed by atoms with Gasteiger partial charge in [-0.3, -0.25) is 4.79 Å². The van der Waals surface area contributed by atoms with Crippen LogP contribution in [0.3, 0.4) is 0 Å². The molecule has 1 rings (SSSR count). The fourth-order valence-corrected chi connectivity index (χ4v) is 2.84. The quantitative estimate of drug-likeness (QED) is 0.409. The van der Waals surface area contributed by atoms with Crippen LogP contribution in [0.1, 0.15) is 6.42 Å². The predicted octanol–water partition coefficient (Wildman–Crippen LogP) is -0.164. The molecule has 0 radical (unpaired) electrons. The maximum atomic E-state index is 11.6. The van der Waals surface area contributed by atoms with E-state index in [0.29, 0.717) is 39.6 Å². The van der Waals surface area contributed by atoms with Crippen LogP contribution in [0.2, 0.25) is 0 Å². The first-order valence-corrected chi connectivity index (χ1v) is 8.68. The lowest BCUT2D eigenvalue weighted by Crippen LogP contribution is -2.30. The summed E-state index contributed by atoms with van der Waals surface area (Å²) in [5, 5.41) is -0.811. The van der Waals surface area contributed by atoms with Crippen molar-refractivity contribution < 1.29 is 27.4 Å². The van der Waals surface area contributed by atoms with E-state index in [1.165, 1.54) is 4.90 Å². The molecule has 0 bridgehead atoms. The van der Waals surface area contributed by atoms with Crippen LogP contribution in [-0.4, -0.2) is 77.7 Å². The van der Waals surface area contributed by atoms with Gasteiger partial charge in [0, 0.05) is 37.3 Å². The number of ether oxygens (including phenoxy) is 3. The molecule has 0 spiro atoms. The molecule has 0 N–H and O–H groups in total. The van der Waals surface area contributed by atoms with Crippen molar-refractivity contribution in [1.82, 2.24) is 4.90 Å². The monoisotopic (exact) mass is 329 g/mol. The van der Waals surface area contributed by atoms with E-state index in [9.17, 15) is 13.2 Å². The van der Waals surface area contributed by atoms with Crippen molar-refractivity contribution in [3.63, 3.8) is 0 Å². The van der Waals surface area contributed by atoms with Crippen LogP contribution in [0.15, 0.2) is 0 Å². The molecule has 1 saturated heterocycles. The Morgan fingerprint density at radius 2 is 1.80 bits per heavy atom. The summed E-state index contributed by atoms with van der Waals surface area (Å²) >= 11 is 0. The zero-order valence-corrected chi connectivity index (χ0v) is 13.0. The zero-order chi connectivity index (χ0) is 15.0. The molecule has 1 amide bonds. The summed E-state index contributed by atoms with van der Waals surface area (Å²) < 4.78 is 37.6. The van der Waals surface area contributed by atoms with Crippen molar-refractivity contribution in [2.75, 3.05) is 53.2 Å². The smallest absolute Gasteiger partial charge is 0.237 e. The average molecular weight is 330 g/mol. The fourth-order valence-electron chi connectivity index (χ4n) is 1.78. The van der Waals surface area contributed by atoms with Gasteiger partial charge >= 0.3 is 0 Å². The first-order chi connectivity index (χ1) is 9.45. The van der Waals surface area contributed by atoms with Gasteiger partial charge in [0.2, 0.25) is 15.0 Å². The molecule has 20 heavy (non-hydrogen) atoms. The minimum atomic E-state index is -3.68. The van der Waals surface area contributed by atoms with Gasteiger partial charge in [-0.2, -0.15) is 0 Å². The minimum absolute atomic E-state index is 0.0496. The highest BCUT2D eigenvalue weighted by molar-refractivity contribution is 8.14. The molecule has 0 aliphatic carbocycles. The van der Waals surface area contributed by atoms with Gasteiger partial charge in [-0.25, -0.2) is 8.42 Å². The molecule has 1 aliphatic heterocycles. The number of likely N-dealkylation sites (tertiary alicyclic amines) is 1. The summed E-state index contributed by atoms with van der Waals surface area (Å²) in [6.07, 6.45) is -0.0496. The topological polar surface area (TPSA) is 82.1 Å². The molecule has 1 aliphatic rings. The van der Waals surface area contributed by atoms with Crippen LogP contribution < -0.4 is 0 Å². The van der Waals surface area contributed by atoms with Crippen molar-refractivity contribution in [3.8, 4) is 0 Å². The third-order valence-electron chi connectivity index (χ3n) is 2.89. The maximum absolute atomic E-state index is 11.6. The van der Waals surface area contributed by atoms with Crippen molar-refractivity contribution in [1.29, 1.82) is 0 Å². The van der Waals surface area contributed by atoms with E-state index in [4.69, 9.17) is 24.9 Å². The molecule has 1 atom stereocenters. The minimum Gasteiger partial charge on any atom is -0.382 e. The van der Waals surface area contributed by atoms with E-state index in [1.54, 1.807) is 7.11 Å². The lowest BCUT2D eigenvalue weighted by Gasteiger charge is -2.15. The maximum Gasteiger partial charge on any atom is 0.237 e. The number of rotatable bonds is 10. The molecule has 1 unspecified atom stereocenters. The van der Waals surface area contributed by atoms with E-state index < -0.39 is 14.3 Å². The molecule has 0 aromatic carbocycles. The van der Waals surface area contributed by atoms with Gasteiger partial charge in [0.05, 0.1) is 33.0 Å². The summed E-state index contributed by atoms with van der Waals surface area (Å²) in [7, 11) is 3.17. The van der Waals surface area contributed by atoms with Gasteiger partial charge in [-0.05, 0) is 0 Å². The predicted molar refractivity (Wildman–Crippen MR) is 73.3 cm³/mol. The van der Waals surface area contributed by atoms with Gasteiger partial charge < -0.3 is 19.1 Å². The molecule has 9 heteroatoms.